The Hall–Kier alpha value is -2.47. The monoisotopic (exact) mass is 352 g/mol. The number of anilines is 1. The van der Waals surface area contributed by atoms with Crippen LogP contribution in [0.15, 0.2) is 36.4 Å². The molecule has 0 spiro atoms. The summed E-state index contributed by atoms with van der Waals surface area (Å²) in [5.74, 6) is 2.52. The molecular formula is C20H28N6. The molecule has 2 aromatic heterocycles. The number of fused-ring (bicyclic) bond motifs is 1. The molecule has 0 saturated carbocycles. The van der Waals surface area contributed by atoms with Gasteiger partial charge in [-0.25, -0.2) is 4.98 Å². The molecule has 0 aliphatic carbocycles. The fraction of sp³-hybridized carbons (Fsp3) is 0.450. The van der Waals surface area contributed by atoms with Gasteiger partial charge in [-0.2, -0.15) is 9.50 Å². The molecule has 1 N–H and O–H groups in total. The Morgan fingerprint density at radius 2 is 1.85 bits per heavy atom. The SMILES string of the molecule is CCN(CC)c1cc(C)nc2nc(CNCCCc3ccccc3)nn12. The van der Waals surface area contributed by atoms with Crippen LogP contribution in [0.25, 0.3) is 5.78 Å². The third kappa shape index (κ3) is 4.38. The largest absolute Gasteiger partial charge is 0.357 e. The van der Waals surface area contributed by atoms with Gasteiger partial charge in [0.1, 0.15) is 5.82 Å². The van der Waals surface area contributed by atoms with Crippen molar-refractivity contribution in [3.63, 3.8) is 0 Å². The lowest BCUT2D eigenvalue weighted by Gasteiger charge is -2.21. The highest BCUT2D eigenvalue weighted by atomic mass is 15.4. The fourth-order valence-electron chi connectivity index (χ4n) is 3.12. The Kier molecular flexibility index (Phi) is 6.17. The molecule has 0 aliphatic rings. The highest BCUT2D eigenvalue weighted by Gasteiger charge is 2.13. The number of aromatic nitrogens is 4. The van der Waals surface area contributed by atoms with Crippen molar-refractivity contribution in [2.75, 3.05) is 24.5 Å². The molecular weight excluding hydrogens is 324 g/mol. The Morgan fingerprint density at radius 3 is 2.58 bits per heavy atom. The van der Waals surface area contributed by atoms with Gasteiger partial charge in [0, 0.05) is 24.8 Å². The summed E-state index contributed by atoms with van der Waals surface area (Å²) < 4.78 is 1.86. The Balaban J connectivity index is 1.61. The van der Waals surface area contributed by atoms with Gasteiger partial charge in [-0.05, 0) is 45.7 Å². The van der Waals surface area contributed by atoms with E-state index in [1.807, 2.05) is 11.4 Å². The predicted octanol–water partition coefficient (Wildman–Crippen LogP) is 3.00. The maximum Gasteiger partial charge on any atom is 0.254 e. The van der Waals surface area contributed by atoms with Crippen LogP contribution in [0.1, 0.15) is 37.4 Å². The number of hydrogen-bond donors (Lipinski definition) is 1. The summed E-state index contributed by atoms with van der Waals surface area (Å²) in [4.78, 5) is 11.4. The van der Waals surface area contributed by atoms with Crippen molar-refractivity contribution in [3.8, 4) is 0 Å². The molecule has 0 unspecified atom stereocenters. The Bertz CT molecular complexity index is 823. The molecule has 0 amide bonds. The molecule has 3 rings (SSSR count). The van der Waals surface area contributed by atoms with Crippen LogP contribution in [0.5, 0.6) is 0 Å². The summed E-state index contributed by atoms with van der Waals surface area (Å²) in [6.07, 6.45) is 2.18. The fourth-order valence-corrected chi connectivity index (χ4v) is 3.12. The average molecular weight is 352 g/mol. The maximum absolute atomic E-state index is 4.67. The highest BCUT2D eigenvalue weighted by molar-refractivity contribution is 5.47. The van der Waals surface area contributed by atoms with E-state index in [9.17, 15) is 0 Å². The van der Waals surface area contributed by atoms with Crippen LogP contribution in [0.3, 0.4) is 0 Å². The minimum absolute atomic E-state index is 0.662. The van der Waals surface area contributed by atoms with Crippen LogP contribution in [0, 0.1) is 6.92 Å². The molecule has 138 valence electrons. The van der Waals surface area contributed by atoms with Gasteiger partial charge in [0.05, 0.1) is 6.54 Å². The summed E-state index contributed by atoms with van der Waals surface area (Å²) in [6.45, 7) is 9.77. The van der Waals surface area contributed by atoms with Gasteiger partial charge in [0.25, 0.3) is 5.78 Å². The number of rotatable bonds is 9. The standard InChI is InChI=1S/C20H28N6/c1-4-25(5-2)19-14-16(3)22-20-23-18(24-26(19)20)15-21-13-9-12-17-10-7-6-8-11-17/h6-8,10-11,14,21H,4-5,9,12-13,15H2,1-3H3. The lowest BCUT2D eigenvalue weighted by molar-refractivity contribution is 0.628. The van der Waals surface area contributed by atoms with Crippen molar-refractivity contribution in [2.24, 2.45) is 0 Å². The molecule has 0 saturated heterocycles. The van der Waals surface area contributed by atoms with Gasteiger partial charge >= 0.3 is 0 Å². The normalized spacial score (nSPS) is 11.2. The van der Waals surface area contributed by atoms with Gasteiger partial charge in [0.15, 0.2) is 5.82 Å². The number of benzene rings is 1. The van der Waals surface area contributed by atoms with Crippen LogP contribution < -0.4 is 10.2 Å². The minimum Gasteiger partial charge on any atom is -0.357 e. The number of nitrogens with zero attached hydrogens (tertiary/aromatic N) is 5. The number of hydrogen-bond acceptors (Lipinski definition) is 5. The van der Waals surface area contributed by atoms with E-state index in [0.29, 0.717) is 12.3 Å². The second kappa shape index (κ2) is 8.76. The lowest BCUT2D eigenvalue weighted by Crippen LogP contribution is -2.25. The van der Waals surface area contributed by atoms with E-state index >= 15 is 0 Å². The van der Waals surface area contributed by atoms with Gasteiger partial charge in [-0.3, -0.25) is 0 Å². The van der Waals surface area contributed by atoms with E-state index in [4.69, 9.17) is 0 Å². The zero-order chi connectivity index (χ0) is 18.4. The van der Waals surface area contributed by atoms with Crippen molar-refractivity contribution in [3.05, 3.63) is 53.5 Å². The van der Waals surface area contributed by atoms with Crippen LogP contribution in [-0.4, -0.2) is 39.2 Å². The number of aryl methyl sites for hydroxylation is 2. The maximum atomic E-state index is 4.67. The second-order valence-electron chi connectivity index (χ2n) is 6.43. The van der Waals surface area contributed by atoms with Crippen molar-refractivity contribution in [2.45, 2.75) is 40.2 Å². The molecule has 2 heterocycles. The molecule has 6 nitrogen and oxygen atoms in total. The molecule has 6 heteroatoms. The zero-order valence-corrected chi connectivity index (χ0v) is 15.9. The summed E-state index contributed by atoms with van der Waals surface area (Å²) in [5.41, 5.74) is 2.35. The smallest absolute Gasteiger partial charge is 0.254 e. The molecule has 0 radical (unpaired) electrons. The average Bonchev–Trinajstić information content (AvgIpc) is 3.06. The minimum atomic E-state index is 0.662. The van der Waals surface area contributed by atoms with Gasteiger partial charge in [-0.15, -0.1) is 5.10 Å². The molecule has 3 aromatic rings. The Morgan fingerprint density at radius 1 is 1.08 bits per heavy atom. The second-order valence-corrected chi connectivity index (χ2v) is 6.43. The van der Waals surface area contributed by atoms with Crippen LogP contribution in [-0.2, 0) is 13.0 Å². The third-order valence-corrected chi connectivity index (χ3v) is 4.50. The first-order valence-corrected chi connectivity index (χ1v) is 9.44. The number of nitrogens with one attached hydrogen (secondary N) is 1. The van der Waals surface area contributed by atoms with E-state index in [1.165, 1.54) is 5.56 Å². The first kappa shape index (κ1) is 18.3. The highest BCUT2D eigenvalue weighted by Crippen LogP contribution is 2.16. The molecule has 0 aliphatic heterocycles. The summed E-state index contributed by atoms with van der Waals surface area (Å²) in [6, 6.07) is 12.7. The van der Waals surface area contributed by atoms with Crippen LogP contribution in [0.4, 0.5) is 5.82 Å². The summed E-state index contributed by atoms with van der Waals surface area (Å²) >= 11 is 0. The van der Waals surface area contributed by atoms with Crippen molar-refractivity contribution in [1.82, 2.24) is 24.9 Å². The summed E-state index contributed by atoms with van der Waals surface area (Å²) in [7, 11) is 0. The van der Waals surface area contributed by atoms with Crippen LogP contribution in [0.2, 0.25) is 0 Å². The molecule has 26 heavy (non-hydrogen) atoms. The third-order valence-electron chi connectivity index (χ3n) is 4.50. The van der Waals surface area contributed by atoms with E-state index in [1.54, 1.807) is 0 Å². The van der Waals surface area contributed by atoms with E-state index in [-0.39, 0.29) is 0 Å². The van der Waals surface area contributed by atoms with Gasteiger partial charge in [-0.1, -0.05) is 30.3 Å². The lowest BCUT2D eigenvalue weighted by atomic mass is 10.1. The Labute approximate surface area is 155 Å². The van der Waals surface area contributed by atoms with Gasteiger partial charge < -0.3 is 10.2 Å². The van der Waals surface area contributed by atoms with E-state index < -0.39 is 0 Å². The van der Waals surface area contributed by atoms with Crippen molar-refractivity contribution >= 4 is 11.6 Å². The van der Waals surface area contributed by atoms with Crippen molar-refractivity contribution < 1.29 is 0 Å². The zero-order valence-electron chi connectivity index (χ0n) is 15.9. The van der Waals surface area contributed by atoms with Crippen molar-refractivity contribution in [1.29, 1.82) is 0 Å². The predicted molar refractivity (Wildman–Crippen MR) is 106 cm³/mol. The quantitative estimate of drug-likeness (QED) is 0.600. The summed E-state index contributed by atoms with van der Waals surface area (Å²) in [5, 5.41) is 8.11. The topological polar surface area (TPSA) is 58.4 Å². The van der Waals surface area contributed by atoms with Crippen LogP contribution >= 0.6 is 0 Å². The molecule has 0 fully saturated rings. The van der Waals surface area contributed by atoms with E-state index in [0.717, 1.165) is 49.8 Å². The first-order chi connectivity index (χ1) is 12.7. The molecule has 0 atom stereocenters. The molecule has 1 aromatic carbocycles. The van der Waals surface area contributed by atoms with Gasteiger partial charge in [0.2, 0.25) is 0 Å². The molecule has 0 bridgehead atoms. The van der Waals surface area contributed by atoms with E-state index in [2.05, 4.69) is 75.5 Å². The first-order valence-electron chi connectivity index (χ1n) is 9.44.